The SMILES string of the molecule is CC(C=O)N1CCC(c2ccc(N)cc2)CC1. The van der Waals surface area contributed by atoms with Crippen molar-refractivity contribution in [2.75, 3.05) is 18.8 Å². The molecule has 0 saturated carbocycles. The van der Waals surface area contributed by atoms with Crippen LogP contribution < -0.4 is 5.73 Å². The van der Waals surface area contributed by atoms with Gasteiger partial charge < -0.3 is 10.5 Å². The summed E-state index contributed by atoms with van der Waals surface area (Å²) in [6, 6.07) is 8.24. The maximum atomic E-state index is 10.7. The Morgan fingerprint density at radius 1 is 1.29 bits per heavy atom. The van der Waals surface area contributed by atoms with E-state index in [0.717, 1.165) is 37.9 Å². The Morgan fingerprint density at radius 3 is 2.41 bits per heavy atom. The highest BCUT2D eigenvalue weighted by molar-refractivity contribution is 5.56. The van der Waals surface area contributed by atoms with Gasteiger partial charge in [-0.3, -0.25) is 4.90 Å². The lowest BCUT2D eigenvalue weighted by Gasteiger charge is -2.34. The predicted molar refractivity (Wildman–Crippen MR) is 69.9 cm³/mol. The van der Waals surface area contributed by atoms with Crippen LogP contribution in [-0.4, -0.2) is 30.3 Å². The van der Waals surface area contributed by atoms with Crippen LogP contribution in [0.15, 0.2) is 24.3 Å². The zero-order chi connectivity index (χ0) is 12.3. The summed E-state index contributed by atoms with van der Waals surface area (Å²) >= 11 is 0. The van der Waals surface area contributed by atoms with Gasteiger partial charge in [-0.15, -0.1) is 0 Å². The first kappa shape index (κ1) is 12.1. The standard InChI is InChI=1S/C14H20N2O/c1-11(10-17)16-8-6-13(7-9-16)12-2-4-14(15)5-3-12/h2-5,10-11,13H,6-9,15H2,1H3. The average Bonchev–Trinajstić information content (AvgIpc) is 2.39. The van der Waals surface area contributed by atoms with E-state index in [-0.39, 0.29) is 6.04 Å². The first-order chi connectivity index (χ1) is 8.20. The summed E-state index contributed by atoms with van der Waals surface area (Å²) < 4.78 is 0. The van der Waals surface area contributed by atoms with Crippen LogP contribution in [0.25, 0.3) is 0 Å². The molecule has 1 heterocycles. The molecule has 1 unspecified atom stereocenters. The molecule has 1 aromatic rings. The number of carbonyl (C=O) groups excluding carboxylic acids is 1. The van der Waals surface area contributed by atoms with E-state index < -0.39 is 0 Å². The van der Waals surface area contributed by atoms with Gasteiger partial charge in [0.15, 0.2) is 0 Å². The van der Waals surface area contributed by atoms with Crippen LogP contribution in [0.4, 0.5) is 5.69 Å². The zero-order valence-corrected chi connectivity index (χ0v) is 10.3. The fourth-order valence-corrected chi connectivity index (χ4v) is 2.49. The number of hydrogen-bond donors (Lipinski definition) is 1. The summed E-state index contributed by atoms with van der Waals surface area (Å²) in [5, 5.41) is 0. The summed E-state index contributed by atoms with van der Waals surface area (Å²) in [7, 11) is 0. The number of nitrogens with zero attached hydrogens (tertiary/aromatic N) is 1. The Hall–Kier alpha value is -1.35. The van der Waals surface area contributed by atoms with Gasteiger partial charge in [-0.05, 0) is 56.5 Å². The highest BCUT2D eigenvalue weighted by Gasteiger charge is 2.23. The van der Waals surface area contributed by atoms with E-state index in [0.29, 0.717) is 5.92 Å². The molecular formula is C14H20N2O. The number of anilines is 1. The predicted octanol–water partition coefficient (Wildman–Crippen LogP) is 2.04. The summed E-state index contributed by atoms with van der Waals surface area (Å²) in [5.41, 5.74) is 7.88. The molecule has 17 heavy (non-hydrogen) atoms. The molecule has 92 valence electrons. The average molecular weight is 232 g/mol. The topological polar surface area (TPSA) is 46.3 Å². The Kier molecular flexibility index (Phi) is 3.79. The Morgan fingerprint density at radius 2 is 1.88 bits per heavy atom. The molecule has 0 aromatic heterocycles. The molecule has 0 bridgehead atoms. The second kappa shape index (κ2) is 5.32. The van der Waals surface area contributed by atoms with E-state index >= 15 is 0 Å². The second-order valence-electron chi connectivity index (χ2n) is 4.85. The minimum Gasteiger partial charge on any atom is -0.399 e. The number of aldehydes is 1. The third-order valence-corrected chi connectivity index (χ3v) is 3.71. The summed E-state index contributed by atoms with van der Waals surface area (Å²) in [5.74, 6) is 0.616. The van der Waals surface area contributed by atoms with Crippen LogP contribution in [-0.2, 0) is 4.79 Å². The van der Waals surface area contributed by atoms with Gasteiger partial charge in [0, 0.05) is 5.69 Å². The molecular weight excluding hydrogens is 212 g/mol. The number of rotatable bonds is 3. The van der Waals surface area contributed by atoms with Crippen molar-refractivity contribution in [2.45, 2.75) is 31.7 Å². The molecule has 0 amide bonds. The number of piperidine rings is 1. The molecule has 0 spiro atoms. The highest BCUT2D eigenvalue weighted by atomic mass is 16.1. The van der Waals surface area contributed by atoms with Gasteiger partial charge >= 0.3 is 0 Å². The van der Waals surface area contributed by atoms with Crippen LogP contribution in [0.3, 0.4) is 0 Å². The van der Waals surface area contributed by atoms with Gasteiger partial charge in [-0.1, -0.05) is 12.1 Å². The van der Waals surface area contributed by atoms with Gasteiger partial charge in [-0.25, -0.2) is 0 Å². The summed E-state index contributed by atoms with van der Waals surface area (Å²) in [4.78, 5) is 13.0. The summed E-state index contributed by atoms with van der Waals surface area (Å²) in [6.07, 6.45) is 3.29. The molecule has 1 atom stereocenters. The van der Waals surface area contributed by atoms with Gasteiger partial charge in [-0.2, -0.15) is 0 Å². The number of nitrogens with two attached hydrogens (primary N) is 1. The molecule has 2 N–H and O–H groups in total. The fraction of sp³-hybridized carbons (Fsp3) is 0.500. The van der Waals surface area contributed by atoms with E-state index in [1.807, 2.05) is 19.1 Å². The molecule has 1 fully saturated rings. The van der Waals surface area contributed by atoms with Crippen LogP contribution in [0.1, 0.15) is 31.2 Å². The van der Waals surface area contributed by atoms with Crippen LogP contribution in [0.5, 0.6) is 0 Å². The third kappa shape index (κ3) is 2.86. The second-order valence-corrected chi connectivity index (χ2v) is 4.85. The van der Waals surface area contributed by atoms with Crippen molar-refractivity contribution in [1.82, 2.24) is 4.90 Å². The van der Waals surface area contributed by atoms with Crippen LogP contribution >= 0.6 is 0 Å². The van der Waals surface area contributed by atoms with Crippen LogP contribution in [0.2, 0.25) is 0 Å². The van der Waals surface area contributed by atoms with Gasteiger partial charge in [0.2, 0.25) is 0 Å². The molecule has 2 rings (SSSR count). The lowest BCUT2D eigenvalue weighted by molar-refractivity contribution is -0.112. The molecule has 3 nitrogen and oxygen atoms in total. The molecule has 1 aliphatic heterocycles. The van der Waals surface area contributed by atoms with E-state index in [1.165, 1.54) is 5.56 Å². The largest absolute Gasteiger partial charge is 0.399 e. The normalized spacial score (nSPS) is 20.1. The first-order valence-electron chi connectivity index (χ1n) is 6.25. The molecule has 1 aliphatic rings. The third-order valence-electron chi connectivity index (χ3n) is 3.71. The van der Waals surface area contributed by atoms with Crippen molar-refractivity contribution in [2.24, 2.45) is 0 Å². The maximum Gasteiger partial charge on any atom is 0.136 e. The highest BCUT2D eigenvalue weighted by Crippen LogP contribution is 2.28. The van der Waals surface area contributed by atoms with Crippen molar-refractivity contribution in [3.05, 3.63) is 29.8 Å². The smallest absolute Gasteiger partial charge is 0.136 e. The van der Waals surface area contributed by atoms with Crippen molar-refractivity contribution < 1.29 is 4.79 Å². The maximum absolute atomic E-state index is 10.7. The van der Waals surface area contributed by atoms with E-state index in [2.05, 4.69) is 17.0 Å². The Balaban J connectivity index is 1.95. The van der Waals surface area contributed by atoms with Gasteiger partial charge in [0.25, 0.3) is 0 Å². The quantitative estimate of drug-likeness (QED) is 0.640. The molecule has 1 aromatic carbocycles. The summed E-state index contributed by atoms with van der Waals surface area (Å²) in [6.45, 7) is 3.99. The van der Waals surface area contributed by atoms with Crippen molar-refractivity contribution in [3.63, 3.8) is 0 Å². The van der Waals surface area contributed by atoms with Crippen molar-refractivity contribution >= 4 is 12.0 Å². The lowest BCUT2D eigenvalue weighted by Crippen LogP contribution is -2.40. The number of likely N-dealkylation sites (tertiary alicyclic amines) is 1. The van der Waals surface area contributed by atoms with Gasteiger partial charge in [0.05, 0.1) is 6.04 Å². The van der Waals surface area contributed by atoms with Crippen molar-refractivity contribution in [3.8, 4) is 0 Å². The number of hydrogen-bond acceptors (Lipinski definition) is 3. The molecule has 0 radical (unpaired) electrons. The lowest BCUT2D eigenvalue weighted by atomic mass is 9.89. The molecule has 0 aliphatic carbocycles. The number of carbonyl (C=O) groups is 1. The minimum absolute atomic E-state index is 0.0577. The van der Waals surface area contributed by atoms with Gasteiger partial charge in [0.1, 0.15) is 6.29 Å². The van der Waals surface area contributed by atoms with E-state index in [1.54, 1.807) is 0 Å². The van der Waals surface area contributed by atoms with Crippen LogP contribution in [0, 0.1) is 0 Å². The van der Waals surface area contributed by atoms with E-state index in [4.69, 9.17) is 5.73 Å². The molecule has 3 heteroatoms. The van der Waals surface area contributed by atoms with Crippen molar-refractivity contribution in [1.29, 1.82) is 0 Å². The first-order valence-corrected chi connectivity index (χ1v) is 6.25. The Labute approximate surface area is 103 Å². The number of benzene rings is 1. The van der Waals surface area contributed by atoms with E-state index in [9.17, 15) is 4.79 Å². The number of nitrogen functional groups attached to an aromatic ring is 1. The Bertz CT molecular complexity index is 366. The molecule has 1 saturated heterocycles. The fourth-order valence-electron chi connectivity index (χ4n) is 2.49. The minimum atomic E-state index is 0.0577. The zero-order valence-electron chi connectivity index (χ0n) is 10.3. The monoisotopic (exact) mass is 232 g/mol.